The fourth-order valence-corrected chi connectivity index (χ4v) is 3.82. The van der Waals surface area contributed by atoms with Crippen molar-refractivity contribution in [1.29, 1.82) is 0 Å². The molecule has 1 saturated heterocycles. The van der Waals surface area contributed by atoms with Crippen molar-refractivity contribution in [2.75, 3.05) is 29.1 Å². The lowest BCUT2D eigenvalue weighted by molar-refractivity contribution is 0.621. The molecule has 0 saturated carbocycles. The van der Waals surface area contributed by atoms with Crippen molar-refractivity contribution in [2.45, 2.75) is 32.1 Å². The van der Waals surface area contributed by atoms with Gasteiger partial charge in [0.05, 0.1) is 10.0 Å². The number of aromatic nitrogens is 1. The number of pyridine rings is 1. The molecule has 1 fully saturated rings. The first kappa shape index (κ1) is 15.1. The summed E-state index contributed by atoms with van der Waals surface area (Å²) in [6.45, 7) is 8.24. The van der Waals surface area contributed by atoms with Crippen LogP contribution in [-0.2, 0) is 0 Å². The van der Waals surface area contributed by atoms with E-state index in [0.29, 0.717) is 27.2 Å². The van der Waals surface area contributed by atoms with Crippen molar-refractivity contribution < 1.29 is 0 Å². The van der Waals surface area contributed by atoms with Crippen LogP contribution < -0.4 is 10.2 Å². The lowest BCUT2D eigenvalue weighted by atomic mass is 10.2. The van der Waals surface area contributed by atoms with Crippen LogP contribution in [-0.4, -0.2) is 35.1 Å². The SMILES string of the molecule is CCNc1nc(N2CCSC(C)C2C)c(Cl)cc1Cl. The molecule has 6 heteroatoms. The van der Waals surface area contributed by atoms with Crippen LogP contribution in [0.15, 0.2) is 6.07 Å². The second kappa shape index (κ2) is 6.42. The maximum atomic E-state index is 6.32. The highest BCUT2D eigenvalue weighted by atomic mass is 35.5. The van der Waals surface area contributed by atoms with Crippen molar-refractivity contribution >= 4 is 46.6 Å². The minimum atomic E-state index is 0.416. The van der Waals surface area contributed by atoms with E-state index in [1.54, 1.807) is 6.07 Å². The van der Waals surface area contributed by atoms with Gasteiger partial charge in [-0.1, -0.05) is 30.1 Å². The zero-order valence-corrected chi connectivity index (χ0v) is 13.7. The molecule has 1 aliphatic heterocycles. The number of anilines is 2. The first-order valence-corrected chi connectivity index (χ1v) is 8.33. The third kappa shape index (κ3) is 3.23. The van der Waals surface area contributed by atoms with E-state index in [1.807, 2.05) is 18.7 Å². The van der Waals surface area contributed by atoms with Gasteiger partial charge in [-0.25, -0.2) is 4.98 Å². The van der Waals surface area contributed by atoms with E-state index in [4.69, 9.17) is 23.2 Å². The van der Waals surface area contributed by atoms with Crippen molar-refractivity contribution in [2.24, 2.45) is 0 Å². The summed E-state index contributed by atoms with van der Waals surface area (Å²) in [6.07, 6.45) is 0. The summed E-state index contributed by atoms with van der Waals surface area (Å²) in [5, 5.41) is 4.94. The standard InChI is InChI=1S/C13H19Cl2N3S/c1-4-16-12-10(14)7-11(15)13(17-12)18-5-6-19-9(3)8(18)2/h7-9H,4-6H2,1-3H3,(H,16,17). The number of rotatable bonds is 3. The molecular weight excluding hydrogens is 301 g/mol. The summed E-state index contributed by atoms with van der Waals surface area (Å²) in [6, 6.07) is 2.20. The number of nitrogens with zero attached hydrogens (tertiary/aromatic N) is 2. The molecule has 2 unspecified atom stereocenters. The van der Waals surface area contributed by atoms with Gasteiger partial charge in [-0.2, -0.15) is 11.8 Å². The summed E-state index contributed by atoms with van der Waals surface area (Å²) < 4.78 is 0. The van der Waals surface area contributed by atoms with Gasteiger partial charge in [0.15, 0.2) is 0 Å². The van der Waals surface area contributed by atoms with E-state index in [2.05, 4.69) is 29.0 Å². The van der Waals surface area contributed by atoms with Gasteiger partial charge < -0.3 is 10.2 Å². The number of nitrogens with one attached hydrogen (secondary N) is 1. The second-order valence-corrected chi connectivity index (χ2v) is 6.96. The van der Waals surface area contributed by atoms with Crippen LogP contribution in [0.5, 0.6) is 0 Å². The highest BCUT2D eigenvalue weighted by molar-refractivity contribution is 8.00. The minimum absolute atomic E-state index is 0.416. The van der Waals surface area contributed by atoms with Gasteiger partial charge in [0.25, 0.3) is 0 Å². The predicted octanol–water partition coefficient (Wildman–Crippen LogP) is 4.15. The Balaban J connectivity index is 2.35. The molecule has 0 amide bonds. The van der Waals surface area contributed by atoms with Gasteiger partial charge in [0.1, 0.15) is 11.6 Å². The van der Waals surface area contributed by atoms with Crippen molar-refractivity contribution in [3.8, 4) is 0 Å². The summed E-state index contributed by atoms with van der Waals surface area (Å²) >= 11 is 14.5. The van der Waals surface area contributed by atoms with Crippen molar-refractivity contribution in [3.05, 3.63) is 16.1 Å². The van der Waals surface area contributed by atoms with E-state index in [-0.39, 0.29) is 0 Å². The Labute approximate surface area is 129 Å². The van der Waals surface area contributed by atoms with E-state index < -0.39 is 0 Å². The summed E-state index contributed by atoms with van der Waals surface area (Å²) in [7, 11) is 0. The number of hydrogen-bond donors (Lipinski definition) is 1. The van der Waals surface area contributed by atoms with E-state index >= 15 is 0 Å². The quantitative estimate of drug-likeness (QED) is 0.905. The van der Waals surface area contributed by atoms with E-state index in [9.17, 15) is 0 Å². The molecule has 106 valence electrons. The molecule has 1 aliphatic rings. The molecule has 19 heavy (non-hydrogen) atoms. The van der Waals surface area contributed by atoms with Gasteiger partial charge in [-0.3, -0.25) is 0 Å². The Morgan fingerprint density at radius 1 is 1.42 bits per heavy atom. The van der Waals surface area contributed by atoms with E-state index in [1.165, 1.54) is 0 Å². The Kier molecular flexibility index (Phi) is 5.09. The first-order valence-electron chi connectivity index (χ1n) is 6.52. The van der Waals surface area contributed by atoms with Gasteiger partial charge >= 0.3 is 0 Å². The summed E-state index contributed by atoms with van der Waals surface area (Å²) in [5.41, 5.74) is 0. The summed E-state index contributed by atoms with van der Waals surface area (Å²) in [5.74, 6) is 2.64. The largest absolute Gasteiger partial charge is 0.369 e. The molecule has 0 aromatic carbocycles. The molecule has 0 radical (unpaired) electrons. The van der Waals surface area contributed by atoms with Gasteiger partial charge in [-0.15, -0.1) is 0 Å². The lowest BCUT2D eigenvalue weighted by Gasteiger charge is -2.38. The highest BCUT2D eigenvalue weighted by Gasteiger charge is 2.28. The Morgan fingerprint density at radius 3 is 2.84 bits per heavy atom. The molecule has 0 aliphatic carbocycles. The Morgan fingerprint density at radius 2 is 2.16 bits per heavy atom. The topological polar surface area (TPSA) is 28.2 Å². The number of halogens is 2. The van der Waals surface area contributed by atoms with Crippen LogP contribution in [0.4, 0.5) is 11.6 Å². The maximum absolute atomic E-state index is 6.32. The third-order valence-corrected chi connectivity index (χ3v) is 5.32. The highest BCUT2D eigenvalue weighted by Crippen LogP contribution is 2.35. The van der Waals surface area contributed by atoms with Crippen LogP contribution in [0.1, 0.15) is 20.8 Å². The molecular formula is C13H19Cl2N3S. The fraction of sp³-hybridized carbons (Fsp3) is 0.615. The van der Waals surface area contributed by atoms with Crippen LogP contribution in [0.2, 0.25) is 10.0 Å². The van der Waals surface area contributed by atoms with Gasteiger partial charge in [-0.05, 0) is 19.9 Å². The molecule has 1 aromatic heterocycles. The monoisotopic (exact) mass is 319 g/mol. The molecule has 2 heterocycles. The normalized spacial score (nSPS) is 23.5. The fourth-order valence-electron chi connectivity index (χ4n) is 2.18. The van der Waals surface area contributed by atoms with Gasteiger partial charge in [0, 0.05) is 30.1 Å². The molecule has 2 atom stereocenters. The first-order chi connectivity index (χ1) is 9.04. The molecule has 1 N–H and O–H groups in total. The molecule has 0 spiro atoms. The average molecular weight is 320 g/mol. The van der Waals surface area contributed by atoms with E-state index in [0.717, 1.165) is 24.7 Å². The third-order valence-electron chi connectivity index (χ3n) is 3.41. The van der Waals surface area contributed by atoms with Crippen molar-refractivity contribution in [1.82, 2.24) is 4.98 Å². The van der Waals surface area contributed by atoms with Crippen LogP contribution in [0.25, 0.3) is 0 Å². The predicted molar refractivity (Wildman–Crippen MR) is 87.1 cm³/mol. The maximum Gasteiger partial charge on any atom is 0.150 e. The molecule has 2 rings (SSSR count). The van der Waals surface area contributed by atoms with Crippen LogP contribution in [0, 0.1) is 0 Å². The zero-order valence-electron chi connectivity index (χ0n) is 11.4. The number of hydrogen-bond acceptors (Lipinski definition) is 4. The molecule has 0 bridgehead atoms. The average Bonchev–Trinajstić information content (AvgIpc) is 2.37. The minimum Gasteiger partial charge on any atom is -0.369 e. The zero-order chi connectivity index (χ0) is 14.0. The summed E-state index contributed by atoms with van der Waals surface area (Å²) in [4.78, 5) is 6.89. The Hall–Kier alpha value is -0.320. The molecule has 3 nitrogen and oxygen atoms in total. The van der Waals surface area contributed by atoms with Crippen LogP contribution in [0.3, 0.4) is 0 Å². The second-order valence-electron chi connectivity index (χ2n) is 4.66. The Bertz CT molecular complexity index is 456. The molecule has 1 aromatic rings. The van der Waals surface area contributed by atoms with Gasteiger partial charge in [0.2, 0.25) is 0 Å². The van der Waals surface area contributed by atoms with Crippen LogP contribution >= 0.6 is 35.0 Å². The smallest absolute Gasteiger partial charge is 0.150 e. The number of thioether (sulfide) groups is 1. The lowest BCUT2D eigenvalue weighted by Crippen LogP contribution is -2.45. The van der Waals surface area contributed by atoms with Crippen molar-refractivity contribution in [3.63, 3.8) is 0 Å².